The van der Waals surface area contributed by atoms with Gasteiger partial charge in [-0.05, 0) is 31.4 Å². The normalized spacial score (nSPS) is 27.3. The second-order valence-electron chi connectivity index (χ2n) is 6.33. The molecule has 3 amide bonds. The van der Waals surface area contributed by atoms with Crippen LogP contribution in [0.4, 0.5) is 19.3 Å². The second-order valence-corrected chi connectivity index (χ2v) is 6.33. The SMILES string of the molecule is O=C1[C@H]2CCCN2C(=O)N1C1CCN(c2ccc(F)cc2F)C1. The van der Waals surface area contributed by atoms with Gasteiger partial charge in [0, 0.05) is 25.7 Å². The van der Waals surface area contributed by atoms with Crippen molar-refractivity contribution in [3.63, 3.8) is 0 Å². The lowest BCUT2D eigenvalue weighted by Crippen LogP contribution is -2.43. The molecule has 5 nitrogen and oxygen atoms in total. The van der Waals surface area contributed by atoms with Gasteiger partial charge < -0.3 is 9.80 Å². The molecule has 0 aliphatic carbocycles. The van der Waals surface area contributed by atoms with E-state index < -0.39 is 11.6 Å². The van der Waals surface area contributed by atoms with Crippen LogP contribution in [0.3, 0.4) is 0 Å². The Morgan fingerprint density at radius 2 is 1.91 bits per heavy atom. The number of amides is 3. The molecule has 1 aromatic carbocycles. The van der Waals surface area contributed by atoms with Crippen LogP contribution in [0.1, 0.15) is 19.3 Å². The first-order valence-corrected chi connectivity index (χ1v) is 7.90. The molecule has 1 unspecified atom stereocenters. The summed E-state index contributed by atoms with van der Waals surface area (Å²) in [4.78, 5) is 29.7. The Balaban J connectivity index is 1.52. The zero-order valence-corrected chi connectivity index (χ0v) is 12.5. The van der Waals surface area contributed by atoms with Crippen molar-refractivity contribution in [1.29, 1.82) is 0 Å². The van der Waals surface area contributed by atoms with Gasteiger partial charge in [0.1, 0.15) is 17.7 Å². The Labute approximate surface area is 132 Å². The summed E-state index contributed by atoms with van der Waals surface area (Å²) in [6.07, 6.45) is 2.20. The van der Waals surface area contributed by atoms with Crippen LogP contribution in [0.5, 0.6) is 0 Å². The number of carbonyl (C=O) groups is 2. The van der Waals surface area contributed by atoms with E-state index in [-0.39, 0.29) is 24.0 Å². The molecule has 2 atom stereocenters. The molecule has 122 valence electrons. The Morgan fingerprint density at radius 3 is 2.65 bits per heavy atom. The number of imide groups is 1. The highest BCUT2D eigenvalue weighted by atomic mass is 19.1. The van der Waals surface area contributed by atoms with Crippen LogP contribution in [0.2, 0.25) is 0 Å². The van der Waals surface area contributed by atoms with Crippen molar-refractivity contribution in [3.05, 3.63) is 29.8 Å². The molecule has 0 spiro atoms. The lowest BCUT2D eigenvalue weighted by atomic mass is 10.2. The predicted molar refractivity (Wildman–Crippen MR) is 78.9 cm³/mol. The minimum Gasteiger partial charge on any atom is -0.367 e. The Morgan fingerprint density at radius 1 is 1.09 bits per heavy atom. The third-order valence-corrected chi connectivity index (χ3v) is 5.01. The van der Waals surface area contributed by atoms with Gasteiger partial charge in [-0.3, -0.25) is 9.69 Å². The monoisotopic (exact) mass is 321 g/mol. The largest absolute Gasteiger partial charge is 0.367 e. The van der Waals surface area contributed by atoms with Gasteiger partial charge in [-0.1, -0.05) is 0 Å². The maximum Gasteiger partial charge on any atom is 0.327 e. The smallest absolute Gasteiger partial charge is 0.327 e. The number of halogens is 2. The highest BCUT2D eigenvalue weighted by Gasteiger charge is 2.50. The lowest BCUT2D eigenvalue weighted by Gasteiger charge is -2.24. The van der Waals surface area contributed by atoms with Gasteiger partial charge in [-0.15, -0.1) is 0 Å². The lowest BCUT2D eigenvalue weighted by molar-refractivity contribution is -0.129. The average Bonchev–Trinajstić information content (AvgIpc) is 3.19. The number of fused-ring (bicyclic) bond motifs is 1. The van der Waals surface area contributed by atoms with E-state index in [1.807, 2.05) is 0 Å². The quantitative estimate of drug-likeness (QED) is 0.782. The summed E-state index contributed by atoms with van der Waals surface area (Å²) in [5.41, 5.74) is 0.313. The van der Waals surface area contributed by atoms with Crippen molar-refractivity contribution in [1.82, 2.24) is 9.80 Å². The first kappa shape index (κ1) is 14.4. The summed E-state index contributed by atoms with van der Waals surface area (Å²) in [7, 11) is 0. The van der Waals surface area contributed by atoms with E-state index in [1.54, 1.807) is 9.80 Å². The number of urea groups is 1. The van der Waals surface area contributed by atoms with E-state index in [0.717, 1.165) is 18.9 Å². The molecule has 4 rings (SSSR count). The van der Waals surface area contributed by atoms with Gasteiger partial charge in [0.05, 0.1) is 11.7 Å². The molecule has 3 aliphatic heterocycles. The molecule has 3 heterocycles. The molecule has 3 aliphatic rings. The van der Waals surface area contributed by atoms with Gasteiger partial charge in [0.15, 0.2) is 0 Å². The average molecular weight is 321 g/mol. The molecule has 0 radical (unpaired) electrons. The van der Waals surface area contributed by atoms with Crippen molar-refractivity contribution in [3.8, 4) is 0 Å². The van der Waals surface area contributed by atoms with Crippen LogP contribution >= 0.6 is 0 Å². The molecule has 3 saturated heterocycles. The summed E-state index contributed by atoms with van der Waals surface area (Å²) < 4.78 is 26.9. The molecular formula is C16H17F2N3O2. The topological polar surface area (TPSA) is 43.9 Å². The molecule has 0 bridgehead atoms. The number of benzene rings is 1. The van der Waals surface area contributed by atoms with Gasteiger partial charge in [0.25, 0.3) is 5.91 Å². The number of rotatable bonds is 2. The van der Waals surface area contributed by atoms with Crippen molar-refractivity contribution in [2.45, 2.75) is 31.3 Å². The number of hydrogen-bond donors (Lipinski definition) is 0. The molecule has 0 aromatic heterocycles. The molecule has 1 aromatic rings. The van der Waals surface area contributed by atoms with Gasteiger partial charge in [-0.25, -0.2) is 13.6 Å². The van der Waals surface area contributed by atoms with E-state index in [2.05, 4.69) is 0 Å². The minimum atomic E-state index is -0.620. The molecule has 3 fully saturated rings. The van der Waals surface area contributed by atoms with Crippen molar-refractivity contribution >= 4 is 17.6 Å². The van der Waals surface area contributed by atoms with Crippen LogP contribution in [0.15, 0.2) is 18.2 Å². The molecule has 0 N–H and O–H groups in total. The van der Waals surface area contributed by atoms with Crippen LogP contribution in [-0.2, 0) is 4.79 Å². The fraction of sp³-hybridized carbons (Fsp3) is 0.500. The van der Waals surface area contributed by atoms with Crippen molar-refractivity contribution < 1.29 is 18.4 Å². The third kappa shape index (κ3) is 2.17. The van der Waals surface area contributed by atoms with Crippen LogP contribution in [0, 0.1) is 11.6 Å². The standard InChI is InChI=1S/C16H17F2N3O2/c17-10-3-4-13(12(18)8-10)19-7-5-11(9-19)21-15(22)14-2-1-6-20(14)16(21)23/h3-4,8,11,14H,1-2,5-7,9H2/t11?,14-/m1/s1. The van der Waals surface area contributed by atoms with Crippen LogP contribution in [0.25, 0.3) is 0 Å². The Bertz CT molecular complexity index is 659. The van der Waals surface area contributed by atoms with Crippen LogP contribution < -0.4 is 4.90 Å². The zero-order valence-electron chi connectivity index (χ0n) is 12.5. The first-order valence-electron chi connectivity index (χ1n) is 7.90. The molecular weight excluding hydrogens is 304 g/mol. The highest BCUT2D eigenvalue weighted by molar-refractivity contribution is 6.05. The van der Waals surface area contributed by atoms with Gasteiger partial charge in [0.2, 0.25) is 0 Å². The summed E-state index contributed by atoms with van der Waals surface area (Å²) in [5.74, 6) is -1.36. The number of carbonyl (C=O) groups excluding carboxylic acids is 2. The summed E-state index contributed by atoms with van der Waals surface area (Å²) >= 11 is 0. The summed E-state index contributed by atoms with van der Waals surface area (Å²) in [6.45, 7) is 1.56. The molecule has 23 heavy (non-hydrogen) atoms. The molecule has 0 saturated carbocycles. The maximum absolute atomic E-state index is 13.9. The van der Waals surface area contributed by atoms with Crippen molar-refractivity contribution in [2.24, 2.45) is 0 Å². The Kier molecular flexibility index (Phi) is 3.25. The maximum atomic E-state index is 13.9. The minimum absolute atomic E-state index is 0.126. The second kappa shape index (κ2) is 5.18. The fourth-order valence-electron chi connectivity index (χ4n) is 3.89. The molecule has 7 heteroatoms. The van der Waals surface area contributed by atoms with Gasteiger partial charge >= 0.3 is 6.03 Å². The van der Waals surface area contributed by atoms with Crippen LogP contribution in [-0.4, -0.2) is 53.5 Å². The zero-order chi connectivity index (χ0) is 16.1. The summed E-state index contributed by atoms with van der Waals surface area (Å²) in [6, 6.07) is 2.70. The van der Waals surface area contributed by atoms with E-state index in [4.69, 9.17) is 0 Å². The van der Waals surface area contributed by atoms with E-state index >= 15 is 0 Å². The van der Waals surface area contributed by atoms with Crippen molar-refractivity contribution in [2.75, 3.05) is 24.5 Å². The number of nitrogens with zero attached hydrogens (tertiary/aromatic N) is 3. The third-order valence-electron chi connectivity index (χ3n) is 5.01. The predicted octanol–water partition coefficient (Wildman–Crippen LogP) is 1.97. The number of hydrogen-bond acceptors (Lipinski definition) is 3. The van der Waals surface area contributed by atoms with E-state index in [0.29, 0.717) is 31.7 Å². The van der Waals surface area contributed by atoms with E-state index in [9.17, 15) is 18.4 Å². The Hall–Kier alpha value is -2.18. The van der Waals surface area contributed by atoms with E-state index in [1.165, 1.54) is 17.0 Å². The number of anilines is 1. The summed E-state index contributed by atoms with van der Waals surface area (Å²) in [5, 5.41) is 0. The van der Waals surface area contributed by atoms with Gasteiger partial charge in [-0.2, -0.15) is 0 Å². The first-order chi connectivity index (χ1) is 11.1. The fourth-order valence-corrected chi connectivity index (χ4v) is 3.89. The highest BCUT2D eigenvalue weighted by Crippen LogP contribution is 2.33.